The third kappa shape index (κ3) is 2.93. The lowest BCUT2D eigenvalue weighted by Crippen LogP contribution is -2.15. The maximum absolute atomic E-state index is 11.7. The molecule has 1 heterocycles. The fourth-order valence-corrected chi connectivity index (χ4v) is 2.03. The minimum absolute atomic E-state index is 0.140. The van der Waals surface area contributed by atoms with Crippen molar-refractivity contribution in [1.29, 1.82) is 0 Å². The summed E-state index contributed by atoms with van der Waals surface area (Å²) >= 11 is 0. The Morgan fingerprint density at radius 1 is 1.35 bits per heavy atom. The van der Waals surface area contributed by atoms with E-state index >= 15 is 0 Å². The number of benzene rings is 1. The number of ketones is 1. The Kier molecular flexibility index (Phi) is 3.98. The predicted octanol–water partition coefficient (Wildman–Crippen LogP) is 2.47. The minimum atomic E-state index is -0.340. The van der Waals surface area contributed by atoms with Crippen LogP contribution >= 0.6 is 0 Å². The van der Waals surface area contributed by atoms with Gasteiger partial charge in [-0.15, -0.1) is 0 Å². The third-order valence-corrected chi connectivity index (χ3v) is 2.83. The molecule has 0 radical (unpaired) electrons. The van der Waals surface area contributed by atoms with E-state index in [2.05, 4.69) is 10.3 Å². The Morgan fingerprint density at radius 2 is 2.10 bits per heavy atom. The number of amides is 1. The number of nitrogens with zero attached hydrogens (tertiary/aromatic N) is 1. The van der Waals surface area contributed by atoms with Crippen molar-refractivity contribution >= 4 is 28.3 Å². The Balaban J connectivity index is 2.46. The zero-order valence-corrected chi connectivity index (χ0v) is 11.7. The molecular formula is C15H16N2O3. The van der Waals surface area contributed by atoms with Crippen molar-refractivity contribution in [2.24, 2.45) is 0 Å². The average Bonchev–Trinajstić information content (AvgIpc) is 2.37. The van der Waals surface area contributed by atoms with Crippen molar-refractivity contribution in [2.75, 3.05) is 12.4 Å². The van der Waals surface area contributed by atoms with E-state index in [1.54, 1.807) is 13.2 Å². The third-order valence-electron chi connectivity index (χ3n) is 2.83. The van der Waals surface area contributed by atoms with Crippen molar-refractivity contribution in [2.45, 2.75) is 20.3 Å². The highest BCUT2D eigenvalue weighted by Gasteiger charge is 2.11. The molecule has 1 aromatic heterocycles. The van der Waals surface area contributed by atoms with E-state index in [0.717, 1.165) is 11.1 Å². The summed E-state index contributed by atoms with van der Waals surface area (Å²) in [5, 5.41) is 3.54. The molecule has 0 unspecified atom stereocenters. The van der Waals surface area contributed by atoms with Crippen LogP contribution in [0.15, 0.2) is 24.3 Å². The molecule has 5 nitrogen and oxygen atoms in total. The lowest BCUT2D eigenvalue weighted by Gasteiger charge is -2.11. The lowest BCUT2D eigenvalue weighted by molar-refractivity contribution is -0.124. The molecule has 0 saturated carbocycles. The van der Waals surface area contributed by atoms with Crippen molar-refractivity contribution in [3.63, 3.8) is 0 Å². The van der Waals surface area contributed by atoms with Crippen LogP contribution in [0.5, 0.6) is 5.75 Å². The van der Waals surface area contributed by atoms with Crippen LogP contribution < -0.4 is 10.1 Å². The van der Waals surface area contributed by atoms with Crippen LogP contribution in [-0.4, -0.2) is 23.8 Å². The zero-order chi connectivity index (χ0) is 14.7. The minimum Gasteiger partial charge on any atom is -0.496 e. The second-order valence-corrected chi connectivity index (χ2v) is 4.59. The number of hydrogen-bond donors (Lipinski definition) is 1. The second kappa shape index (κ2) is 5.69. The number of aryl methyl sites for hydroxylation is 1. The molecule has 0 aliphatic carbocycles. The topological polar surface area (TPSA) is 68.3 Å². The summed E-state index contributed by atoms with van der Waals surface area (Å²) in [6, 6.07) is 7.28. The van der Waals surface area contributed by atoms with Crippen LogP contribution in [0.1, 0.15) is 19.0 Å². The number of carbonyl (C=O) groups is 2. The number of carbonyl (C=O) groups excluding carboxylic acids is 2. The van der Waals surface area contributed by atoms with E-state index in [1.165, 1.54) is 6.92 Å². The summed E-state index contributed by atoms with van der Waals surface area (Å²) in [7, 11) is 1.59. The van der Waals surface area contributed by atoms with Gasteiger partial charge in [-0.1, -0.05) is 6.07 Å². The molecule has 0 bridgehead atoms. The van der Waals surface area contributed by atoms with Crippen LogP contribution in [0.3, 0.4) is 0 Å². The second-order valence-electron chi connectivity index (χ2n) is 4.59. The summed E-state index contributed by atoms with van der Waals surface area (Å²) in [6.07, 6.45) is -0.140. The number of pyridine rings is 1. The van der Waals surface area contributed by atoms with E-state index in [0.29, 0.717) is 17.0 Å². The number of Topliss-reactive ketones (excluding diaryl/α,β-unsaturated/α-hetero) is 1. The summed E-state index contributed by atoms with van der Waals surface area (Å²) < 4.78 is 5.33. The van der Waals surface area contributed by atoms with Gasteiger partial charge >= 0.3 is 0 Å². The molecule has 0 atom stereocenters. The summed E-state index contributed by atoms with van der Waals surface area (Å²) in [6.45, 7) is 3.24. The fraction of sp³-hybridized carbons (Fsp3) is 0.267. The average molecular weight is 272 g/mol. The van der Waals surface area contributed by atoms with E-state index < -0.39 is 0 Å². The Hall–Kier alpha value is -2.43. The van der Waals surface area contributed by atoms with Gasteiger partial charge in [0.2, 0.25) is 5.91 Å². The highest BCUT2D eigenvalue weighted by Crippen LogP contribution is 2.29. The van der Waals surface area contributed by atoms with Crippen LogP contribution in [0, 0.1) is 6.92 Å². The Morgan fingerprint density at radius 3 is 2.75 bits per heavy atom. The van der Waals surface area contributed by atoms with Gasteiger partial charge in [-0.2, -0.15) is 0 Å². The SMILES string of the molecule is COc1cc(C)nc2c(NC(=O)CC(C)=O)cccc12. The van der Waals surface area contributed by atoms with E-state index in [4.69, 9.17) is 4.74 Å². The van der Waals surface area contributed by atoms with Crippen LogP contribution in [0.25, 0.3) is 10.9 Å². The van der Waals surface area contributed by atoms with Crippen molar-refractivity contribution in [3.8, 4) is 5.75 Å². The van der Waals surface area contributed by atoms with Crippen LogP contribution in [0.4, 0.5) is 5.69 Å². The molecule has 20 heavy (non-hydrogen) atoms. The van der Waals surface area contributed by atoms with Crippen LogP contribution in [-0.2, 0) is 9.59 Å². The number of anilines is 1. The van der Waals surface area contributed by atoms with Gasteiger partial charge in [-0.25, -0.2) is 0 Å². The standard InChI is InChI=1S/C15H16N2O3/c1-9-7-13(20-3)11-5-4-6-12(15(11)16-9)17-14(19)8-10(2)18/h4-7H,8H2,1-3H3,(H,17,19). The monoisotopic (exact) mass is 272 g/mol. The van der Waals surface area contributed by atoms with Gasteiger partial charge in [0.1, 0.15) is 11.5 Å². The first-order valence-corrected chi connectivity index (χ1v) is 6.25. The molecule has 0 fully saturated rings. The van der Waals surface area contributed by atoms with Gasteiger partial charge in [0.25, 0.3) is 0 Å². The van der Waals surface area contributed by atoms with Gasteiger partial charge < -0.3 is 10.1 Å². The first kappa shape index (κ1) is 14.0. The highest BCUT2D eigenvalue weighted by molar-refractivity contribution is 6.07. The van der Waals surface area contributed by atoms with Gasteiger partial charge in [-0.3, -0.25) is 14.6 Å². The van der Waals surface area contributed by atoms with Gasteiger partial charge in [0, 0.05) is 17.1 Å². The highest BCUT2D eigenvalue weighted by atomic mass is 16.5. The number of methoxy groups -OCH3 is 1. The fourth-order valence-electron chi connectivity index (χ4n) is 2.03. The normalized spacial score (nSPS) is 10.3. The molecule has 0 aliphatic rings. The van der Waals surface area contributed by atoms with E-state index in [9.17, 15) is 9.59 Å². The van der Waals surface area contributed by atoms with Gasteiger partial charge in [-0.05, 0) is 26.0 Å². The van der Waals surface area contributed by atoms with Crippen molar-refractivity contribution in [3.05, 3.63) is 30.0 Å². The molecule has 1 aromatic carbocycles. The molecule has 104 valence electrons. The van der Waals surface area contributed by atoms with Crippen molar-refractivity contribution < 1.29 is 14.3 Å². The molecule has 2 aromatic rings. The summed E-state index contributed by atoms with van der Waals surface area (Å²) in [5.74, 6) is 0.187. The Labute approximate surface area is 117 Å². The first-order chi connectivity index (χ1) is 9.51. The van der Waals surface area contributed by atoms with Crippen LogP contribution in [0.2, 0.25) is 0 Å². The first-order valence-electron chi connectivity index (χ1n) is 6.25. The van der Waals surface area contributed by atoms with Gasteiger partial charge in [0.05, 0.1) is 24.7 Å². The summed E-state index contributed by atoms with van der Waals surface area (Å²) in [4.78, 5) is 27.1. The number of hydrogen-bond acceptors (Lipinski definition) is 4. The molecule has 5 heteroatoms. The number of fused-ring (bicyclic) bond motifs is 1. The molecule has 1 amide bonds. The van der Waals surface area contributed by atoms with Gasteiger partial charge in [0.15, 0.2) is 0 Å². The maximum atomic E-state index is 11.7. The number of nitrogens with one attached hydrogen (secondary N) is 1. The molecular weight excluding hydrogens is 256 g/mol. The number of ether oxygens (including phenoxy) is 1. The molecule has 2 rings (SSSR count). The van der Waals surface area contributed by atoms with E-state index in [-0.39, 0.29) is 18.1 Å². The number of rotatable bonds is 4. The molecule has 0 spiro atoms. The number of para-hydroxylation sites is 1. The quantitative estimate of drug-likeness (QED) is 0.868. The largest absolute Gasteiger partial charge is 0.496 e. The number of aromatic nitrogens is 1. The van der Waals surface area contributed by atoms with Crippen molar-refractivity contribution in [1.82, 2.24) is 4.98 Å². The smallest absolute Gasteiger partial charge is 0.231 e. The van der Waals surface area contributed by atoms with E-state index in [1.807, 2.05) is 25.1 Å². The lowest BCUT2D eigenvalue weighted by atomic mass is 10.1. The molecule has 1 N–H and O–H groups in total. The molecule has 0 saturated heterocycles. The summed E-state index contributed by atoms with van der Waals surface area (Å²) in [5.41, 5.74) is 2.03. The zero-order valence-electron chi connectivity index (χ0n) is 11.7. The Bertz CT molecular complexity index is 680. The predicted molar refractivity (Wildman–Crippen MR) is 77.0 cm³/mol. The molecule has 0 aliphatic heterocycles. The maximum Gasteiger partial charge on any atom is 0.231 e.